The summed E-state index contributed by atoms with van der Waals surface area (Å²) in [5, 5.41) is 11.6. The molecule has 0 aliphatic carbocycles. The van der Waals surface area contributed by atoms with Crippen molar-refractivity contribution >= 4 is 11.6 Å². The van der Waals surface area contributed by atoms with Crippen molar-refractivity contribution in [2.75, 3.05) is 6.54 Å². The molecule has 0 saturated heterocycles. The molecule has 7 heteroatoms. The predicted octanol–water partition coefficient (Wildman–Crippen LogP) is 3.10. The average molecular weight is 376 g/mol. The lowest BCUT2D eigenvalue weighted by atomic mass is 9.98. The van der Waals surface area contributed by atoms with Gasteiger partial charge in [-0.3, -0.25) is 19.8 Å². The maximum Gasteiger partial charge on any atom is 0.274 e. The fourth-order valence-corrected chi connectivity index (χ4v) is 3.86. The minimum absolute atomic E-state index is 0.000344. The molecule has 1 unspecified atom stereocenters. The minimum atomic E-state index is -0.674. The number of amides is 1. The highest BCUT2D eigenvalue weighted by Gasteiger charge is 2.30. The number of hydrogen-bond acceptors (Lipinski definition) is 4. The van der Waals surface area contributed by atoms with E-state index in [4.69, 9.17) is 5.73 Å². The summed E-state index contributed by atoms with van der Waals surface area (Å²) in [7, 11) is 0. The smallest absolute Gasteiger partial charge is 0.274 e. The molecule has 0 saturated carbocycles. The highest BCUT2D eigenvalue weighted by Crippen LogP contribution is 2.34. The van der Waals surface area contributed by atoms with Crippen LogP contribution in [0.5, 0.6) is 0 Å². The number of carbonyl (C=O) groups excluding carboxylic acids is 1. The first-order valence-corrected chi connectivity index (χ1v) is 9.06. The molecule has 1 amide bonds. The standard InChI is InChI=1S/C21H20N4O3/c22-21(26)16-8-9-17(19(13-16)25(27)28)14-24-12-11-23-10-4-7-18(23)20(24)15-5-2-1-3-6-15/h1-10,13,20H,11-12,14H2,(H2,22,26). The van der Waals surface area contributed by atoms with E-state index >= 15 is 0 Å². The van der Waals surface area contributed by atoms with E-state index in [1.807, 2.05) is 24.3 Å². The summed E-state index contributed by atoms with van der Waals surface area (Å²) in [4.78, 5) is 24.8. The van der Waals surface area contributed by atoms with E-state index in [0.29, 0.717) is 12.1 Å². The molecule has 0 radical (unpaired) electrons. The average Bonchev–Trinajstić information content (AvgIpc) is 3.17. The van der Waals surface area contributed by atoms with Gasteiger partial charge in [0.25, 0.3) is 5.69 Å². The molecule has 2 heterocycles. The number of fused-ring (bicyclic) bond motifs is 1. The van der Waals surface area contributed by atoms with E-state index in [2.05, 4.69) is 33.9 Å². The SMILES string of the molecule is NC(=O)c1ccc(CN2CCn3cccc3C2c2ccccc2)c([N+](=O)[O-])c1. The Morgan fingerprint density at radius 3 is 2.61 bits per heavy atom. The van der Waals surface area contributed by atoms with Gasteiger partial charge in [0, 0.05) is 48.7 Å². The van der Waals surface area contributed by atoms with Gasteiger partial charge in [0.15, 0.2) is 0 Å². The van der Waals surface area contributed by atoms with E-state index in [-0.39, 0.29) is 17.3 Å². The molecule has 1 aliphatic rings. The van der Waals surface area contributed by atoms with Gasteiger partial charge in [0.1, 0.15) is 0 Å². The van der Waals surface area contributed by atoms with Crippen LogP contribution in [-0.2, 0) is 13.1 Å². The zero-order valence-electron chi connectivity index (χ0n) is 15.2. The van der Waals surface area contributed by atoms with E-state index in [9.17, 15) is 14.9 Å². The van der Waals surface area contributed by atoms with Crippen LogP contribution < -0.4 is 5.73 Å². The third kappa shape index (κ3) is 3.27. The second-order valence-electron chi connectivity index (χ2n) is 6.87. The van der Waals surface area contributed by atoms with Gasteiger partial charge in [-0.05, 0) is 23.8 Å². The number of aromatic nitrogens is 1. The van der Waals surface area contributed by atoms with Crippen molar-refractivity contribution in [1.82, 2.24) is 9.47 Å². The molecule has 1 atom stereocenters. The van der Waals surface area contributed by atoms with Gasteiger partial charge in [0.05, 0.1) is 11.0 Å². The Kier molecular flexibility index (Phi) is 4.67. The van der Waals surface area contributed by atoms with Crippen molar-refractivity contribution in [3.05, 3.63) is 99.4 Å². The van der Waals surface area contributed by atoms with E-state index < -0.39 is 10.8 Å². The minimum Gasteiger partial charge on any atom is -0.366 e. The Hall–Kier alpha value is -3.45. The molecule has 0 fully saturated rings. The topological polar surface area (TPSA) is 94.4 Å². The number of rotatable bonds is 5. The van der Waals surface area contributed by atoms with Gasteiger partial charge >= 0.3 is 0 Å². The summed E-state index contributed by atoms with van der Waals surface area (Å²) in [6, 6.07) is 18.7. The van der Waals surface area contributed by atoms with Crippen LogP contribution in [-0.4, -0.2) is 26.8 Å². The lowest BCUT2D eigenvalue weighted by Crippen LogP contribution is -2.38. The van der Waals surface area contributed by atoms with Gasteiger partial charge in [-0.25, -0.2) is 0 Å². The van der Waals surface area contributed by atoms with Crippen LogP contribution in [0.4, 0.5) is 5.69 Å². The van der Waals surface area contributed by atoms with Crippen LogP contribution in [0.25, 0.3) is 0 Å². The van der Waals surface area contributed by atoms with Crippen molar-refractivity contribution in [3.63, 3.8) is 0 Å². The molecule has 1 aromatic heterocycles. The van der Waals surface area contributed by atoms with Crippen molar-refractivity contribution < 1.29 is 9.72 Å². The van der Waals surface area contributed by atoms with E-state index in [0.717, 1.165) is 24.3 Å². The molecule has 2 aromatic carbocycles. The highest BCUT2D eigenvalue weighted by atomic mass is 16.6. The monoisotopic (exact) mass is 376 g/mol. The van der Waals surface area contributed by atoms with Gasteiger partial charge in [-0.1, -0.05) is 36.4 Å². The number of nitrogens with two attached hydrogens (primary N) is 1. The zero-order chi connectivity index (χ0) is 19.7. The lowest BCUT2D eigenvalue weighted by molar-refractivity contribution is -0.385. The summed E-state index contributed by atoms with van der Waals surface area (Å²) in [6.45, 7) is 1.98. The fraction of sp³-hybridized carbons (Fsp3) is 0.190. The molecule has 0 spiro atoms. The molecule has 0 bridgehead atoms. The summed E-state index contributed by atoms with van der Waals surface area (Å²) in [6.07, 6.45) is 2.06. The normalized spacial score (nSPS) is 16.5. The second kappa shape index (κ2) is 7.28. The Bertz CT molecular complexity index is 1030. The maximum absolute atomic E-state index is 11.6. The number of nitro groups is 1. The third-order valence-corrected chi connectivity index (χ3v) is 5.19. The number of primary amides is 1. The summed E-state index contributed by atoms with van der Waals surface area (Å²) >= 11 is 0. The van der Waals surface area contributed by atoms with Crippen LogP contribution in [0.1, 0.15) is 33.2 Å². The Labute approximate surface area is 162 Å². The van der Waals surface area contributed by atoms with Crippen molar-refractivity contribution in [2.45, 2.75) is 19.1 Å². The van der Waals surface area contributed by atoms with Gasteiger partial charge in [-0.15, -0.1) is 0 Å². The number of carbonyl (C=O) groups is 1. The maximum atomic E-state index is 11.6. The number of hydrogen-bond donors (Lipinski definition) is 1. The number of benzene rings is 2. The van der Waals surface area contributed by atoms with Crippen LogP contribution in [0.2, 0.25) is 0 Å². The Morgan fingerprint density at radius 2 is 1.89 bits per heavy atom. The van der Waals surface area contributed by atoms with Crippen LogP contribution >= 0.6 is 0 Å². The predicted molar refractivity (Wildman–Crippen MR) is 105 cm³/mol. The van der Waals surface area contributed by atoms with Crippen LogP contribution in [0.15, 0.2) is 66.9 Å². The molecular weight excluding hydrogens is 356 g/mol. The zero-order valence-corrected chi connectivity index (χ0v) is 15.2. The van der Waals surface area contributed by atoms with Crippen molar-refractivity contribution in [3.8, 4) is 0 Å². The molecule has 7 nitrogen and oxygen atoms in total. The summed E-state index contributed by atoms with van der Waals surface area (Å²) in [5.41, 5.74) is 8.21. The first-order valence-electron chi connectivity index (χ1n) is 9.06. The highest BCUT2D eigenvalue weighted by molar-refractivity contribution is 5.93. The number of nitro benzene ring substituents is 1. The molecular formula is C21H20N4O3. The molecule has 28 heavy (non-hydrogen) atoms. The van der Waals surface area contributed by atoms with E-state index in [1.54, 1.807) is 12.1 Å². The fourth-order valence-electron chi connectivity index (χ4n) is 3.86. The molecule has 1 aliphatic heterocycles. The molecule has 4 rings (SSSR count). The first kappa shape index (κ1) is 17.9. The third-order valence-electron chi connectivity index (χ3n) is 5.19. The van der Waals surface area contributed by atoms with E-state index in [1.165, 1.54) is 6.07 Å². The summed E-state index contributed by atoms with van der Waals surface area (Å²) < 4.78 is 2.22. The first-order chi connectivity index (χ1) is 13.5. The second-order valence-corrected chi connectivity index (χ2v) is 6.87. The van der Waals surface area contributed by atoms with Crippen LogP contribution in [0.3, 0.4) is 0 Å². The lowest BCUT2D eigenvalue weighted by Gasteiger charge is -2.37. The van der Waals surface area contributed by atoms with Crippen molar-refractivity contribution in [1.29, 1.82) is 0 Å². The quantitative estimate of drug-likeness (QED) is 0.547. The van der Waals surface area contributed by atoms with Crippen molar-refractivity contribution in [2.24, 2.45) is 5.73 Å². The van der Waals surface area contributed by atoms with Gasteiger partial charge in [0.2, 0.25) is 5.91 Å². The Morgan fingerprint density at radius 1 is 1.11 bits per heavy atom. The Balaban J connectivity index is 1.73. The molecule has 3 aromatic rings. The van der Waals surface area contributed by atoms with Crippen LogP contribution in [0, 0.1) is 10.1 Å². The number of nitrogens with zero attached hydrogens (tertiary/aromatic N) is 3. The molecule has 142 valence electrons. The summed E-state index contributed by atoms with van der Waals surface area (Å²) in [5.74, 6) is -0.674. The largest absolute Gasteiger partial charge is 0.366 e. The van der Waals surface area contributed by atoms with Gasteiger partial charge in [-0.2, -0.15) is 0 Å². The van der Waals surface area contributed by atoms with Gasteiger partial charge < -0.3 is 10.3 Å². The molecule has 2 N–H and O–H groups in total.